The molecule has 0 atom stereocenters. The maximum absolute atomic E-state index is 11.8. The van der Waals surface area contributed by atoms with Crippen LogP contribution in [0.5, 0.6) is 5.75 Å². The van der Waals surface area contributed by atoms with E-state index in [4.69, 9.17) is 4.74 Å². The molecule has 0 spiro atoms. The Morgan fingerprint density at radius 1 is 1.00 bits per heavy atom. The second kappa shape index (κ2) is 9.87. The summed E-state index contributed by atoms with van der Waals surface area (Å²) in [6.07, 6.45) is 1.67. The third-order valence-electron chi connectivity index (χ3n) is 3.25. The fraction of sp³-hybridized carbons (Fsp3) is 0.211. The van der Waals surface area contributed by atoms with Gasteiger partial charge in [-0.05, 0) is 31.2 Å². The molecule has 0 aliphatic heterocycles. The number of benzene rings is 2. The van der Waals surface area contributed by atoms with Gasteiger partial charge in [0.25, 0.3) is 0 Å². The Bertz CT molecular complexity index is 730. The van der Waals surface area contributed by atoms with Crippen LogP contribution < -0.4 is 15.5 Å². The first kappa shape index (κ1) is 18.2. The van der Waals surface area contributed by atoms with Gasteiger partial charge >= 0.3 is 0 Å². The summed E-state index contributed by atoms with van der Waals surface area (Å²) in [5.74, 6) is 0.158. The zero-order valence-corrected chi connectivity index (χ0v) is 14.1. The van der Waals surface area contributed by atoms with Crippen molar-refractivity contribution in [3.8, 4) is 5.75 Å². The molecule has 2 amide bonds. The van der Waals surface area contributed by atoms with E-state index in [1.807, 2.05) is 49.4 Å². The lowest BCUT2D eigenvalue weighted by molar-refractivity contribution is -0.124. The lowest BCUT2D eigenvalue weighted by atomic mass is 10.2. The van der Waals surface area contributed by atoms with Gasteiger partial charge in [0.2, 0.25) is 11.8 Å². The minimum absolute atomic E-state index is 0.0586. The van der Waals surface area contributed by atoms with E-state index in [2.05, 4.69) is 15.8 Å². The first-order valence-corrected chi connectivity index (χ1v) is 8.07. The number of ether oxygens (including phenoxy) is 1. The topological polar surface area (TPSA) is 79.8 Å². The Labute approximate surface area is 146 Å². The molecule has 2 aromatic carbocycles. The van der Waals surface area contributed by atoms with Gasteiger partial charge in [0, 0.05) is 24.1 Å². The molecule has 0 aliphatic rings. The molecule has 0 bridgehead atoms. The second-order valence-electron chi connectivity index (χ2n) is 5.18. The van der Waals surface area contributed by atoms with E-state index in [9.17, 15) is 9.59 Å². The molecule has 0 radical (unpaired) electrons. The van der Waals surface area contributed by atoms with Crippen molar-refractivity contribution in [2.24, 2.45) is 5.10 Å². The number of nitrogens with one attached hydrogen (secondary N) is 2. The lowest BCUT2D eigenvalue weighted by Crippen LogP contribution is -2.20. The number of rotatable bonds is 8. The third kappa shape index (κ3) is 6.47. The van der Waals surface area contributed by atoms with Crippen molar-refractivity contribution in [1.29, 1.82) is 0 Å². The van der Waals surface area contributed by atoms with Gasteiger partial charge in [-0.2, -0.15) is 5.10 Å². The summed E-state index contributed by atoms with van der Waals surface area (Å²) in [4.78, 5) is 23.5. The van der Waals surface area contributed by atoms with Crippen molar-refractivity contribution < 1.29 is 14.3 Å². The summed E-state index contributed by atoms with van der Waals surface area (Å²) >= 11 is 0. The van der Waals surface area contributed by atoms with Crippen molar-refractivity contribution in [3.05, 3.63) is 60.2 Å². The van der Waals surface area contributed by atoms with E-state index in [1.165, 1.54) is 6.21 Å². The van der Waals surface area contributed by atoms with Crippen LogP contribution in [-0.4, -0.2) is 24.6 Å². The number of hydrazone groups is 1. The summed E-state index contributed by atoms with van der Waals surface area (Å²) in [6.45, 7) is 2.45. The van der Waals surface area contributed by atoms with Gasteiger partial charge in [-0.15, -0.1) is 0 Å². The van der Waals surface area contributed by atoms with Crippen LogP contribution in [0.25, 0.3) is 0 Å². The zero-order valence-electron chi connectivity index (χ0n) is 14.1. The van der Waals surface area contributed by atoms with E-state index >= 15 is 0 Å². The van der Waals surface area contributed by atoms with Crippen LogP contribution in [0.4, 0.5) is 5.69 Å². The van der Waals surface area contributed by atoms with Crippen molar-refractivity contribution in [2.45, 2.75) is 19.8 Å². The molecular formula is C19H21N3O3. The van der Waals surface area contributed by atoms with Crippen molar-refractivity contribution in [2.75, 3.05) is 11.9 Å². The molecule has 0 unspecified atom stereocenters. The van der Waals surface area contributed by atoms with Gasteiger partial charge in [0.15, 0.2) is 0 Å². The van der Waals surface area contributed by atoms with Crippen LogP contribution in [0.3, 0.4) is 0 Å². The van der Waals surface area contributed by atoms with Gasteiger partial charge in [-0.1, -0.05) is 30.3 Å². The van der Waals surface area contributed by atoms with Crippen LogP contribution in [0.2, 0.25) is 0 Å². The van der Waals surface area contributed by atoms with Crippen LogP contribution in [0, 0.1) is 0 Å². The van der Waals surface area contributed by atoms with Gasteiger partial charge in [0.1, 0.15) is 5.75 Å². The number of hydrogen-bond donors (Lipinski definition) is 2. The standard InChI is InChI=1S/C19H21N3O3/c1-2-25-17-11-7-6-8-15(17)14-20-22-19(24)13-12-18(23)21-16-9-4-3-5-10-16/h3-11,14H,2,12-13H2,1H3,(H,21,23)(H,22,24). The van der Waals surface area contributed by atoms with E-state index < -0.39 is 0 Å². The molecule has 0 aliphatic carbocycles. The maximum Gasteiger partial charge on any atom is 0.240 e. The number of carbonyl (C=O) groups is 2. The van der Waals surface area contributed by atoms with E-state index in [0.717, 1.165) is 5.56 Å². The highest BCUT2D eigenvalue weighted by Gasteiger charge is 2.06. The molecule has 6 nitrogen and oxygen atoms in total. The Morgan fingerprint density at radius 2 is 1.68 bits per heavy atom. The quantitative estimate of drug-likeness (QED) is 0.573. The third-order valence-corrected chi connectivity index (χ3v) is 3.25. The SMILES string of the molecule is CCOc1ccccc1C=NNC(=O)CCC(=O)Nc1ccccc1. The summed E-state index contributed by atoms with van der Waals surface area (Å²) < 4.78 is 5.47. The molecule has 2 rings (SSSR count). The smallest absolute Gasteiger partial charge is 0.240 e. The number of amides is 2. The Balaban J connectivity index is 1.76. The largest absolute Gasteiger partial charge is 0.493 e. The minimum Gasteiger partial charge on any atom is -0.493 e. The predicted octanol–water partition coefficient (Wildman–Crippen LogP) is 2.95. The molecule has 2 N–H and O–H groups in total. The lowest BCUT2D eigenvalue weighted by Gasteiger charge is -2.06. The van der Waals surface area contributed by atoms with E-state index in [0.29, 0.717) is 18.0 Å². The van der Waals surface area contributed by atoms with Crippen LogP contribution in [-0.2, 0) is 9.59 Å². The van der Waals surface area contributed by atoms with Crippen LogP contribution >= 0.6 is 0 Å². The van der Waals surface area contributed by atoms with E-state index in [1.54, 1.807) is 12.1 Å². The highest BCUT2D eigenvalue weighted by atomic mass is 16.5. The summed E-state index contributed by atoms with van der Waals surface area (Å²) in [6, 6.07) is 16.5. The van der Waals surface area contributed by atoms with Crippen molar-refractivity contribution in [1.82, 2.24) is 5.43 Å². The molecule has 130 valence electrons. The average Bonchev–Trinajstić information content (AvgIpc) is 2.62. The summed E-state index contributed by atoms with van der Waals surface area (Å²) in [5.41, 5.74) is 3.89. The zero-order chi connectivity index (χ0) is 17.9. The number of carbonyl (C=O) groups excluding carboxylic acids is 2. The maximum atomic E-state index is 11.8. The summed E-state index contributed by atoms with van der Waals surface area (Å²) in [5, 5.41) is 6.64. The minimum atomic E-state index is -0.326. The molecule has 0 fully saturated rings. The fourth-order valence-electron chi connectivity index (χ4n) is 2.08. The molecule has 2 aromatic rings. The highest BCUT2D eigenvalue weighted by Crippen LogP contribution is 2.15. The number of anilines is 1. The Morgan fingerprint density at radius 3 is 2.44 bits per heavy atom. The molecular weight excluding hydrogens is 318 g/mol. The Kier molecular flexibility index (Phi) is 7.18. The normalized spacial score (nSPS) is 10.4. The van der Waals surface area contributed by atoms with Crippen molar-refractivity contribution >= 4 is 23.7 Å². The molecule has 0 heterocycles. The average molecular weight is 339 g/mol. The molecule has 0 saturated carbocycles. The number of hydrogen-bond acceptors (Lipinski definition) is 4. The molecule has 6 heteroatoms. The number of para-hydroxylation sites is 2. The number of nitrogens with zero attached hydrogens (tertiary/aromatic N) is 1. The first-order valence-electron chi connectivity index (χ1n) is 8.07. The van der Waals surface area contributed by atoms with Crippen molar-refractivity contribution in [3.63, 3.8) is 0 Å². The van der Waals surface area contributed by atoms with Crippen LogP contribution in [0.1, 0.15) is 25.3 Å². The highest BCUT2D eigenvalue weighted by molar-refractivity contribution is 5.93. The summed E-state index contributed by atoms with van der Waals surface area (Å²) in [7, 11) is 0. The molecule has 0 aromatic heterocycles. The van der Waals surface area contributed by atoms with Gasteiger partial charge in [-0.25, -0.2) is 5.43 Å². The second-order valence-corrected chi connectivity index (χ2v) is 5.18. The van der Waals surface area contributed by atoms with Gasteiger partial charge < -0.3 is 10.1 Å². The fourth-order valence-corrected chi connectivity index (χ4v) is 2.08. The molecule has 25 heavy (non-hydrogen) atoms. The Hall–Kier alpha value is -3.15. The predicted molar refractivity (Wildman–Crippen MR) is 97.7 cm³/mol. The van der Waals surface area contributed by atoms with E-state index in [-0.39, 0.29) is 24.7 Å². The first-order chi connectivity index (χ1) is 12.2. The van der Waals surface area contributed by atoms with Gasteiger partial charge in [0.05, 0.1) is 12.8 Å². The van der Waals surface area contributed by atoms with Crippen LogP contribution in [0.15, 0.2) is 59.7 Å². The monoisotopic (exact) mass is 339 g/mol. The van der Waals surface area contributed by atoms with Gasteiger partial charge in [-0.3, -0.25) is 9.59 Å². The molecule has 0 saturated heterocycles.